The highest BCUT2D eigenvalue weighted by Gasteiger charge is 2.33. The molecule has 0 bridgehead atoms. The van der Waals surface area contributed by atoms with Crippen molar-refractivity contribution in [1.82, 2.24) is 9.29 Å². The van der Waals surface area contributed by atoms with Crippen LogP contribution in [-0.2, 0) is 14.8 Å². The smallest absolute Gasteiger partial charge is 0.243 e. The van der Waals surface area contributed by atoms with Crippen molar-refractivity contribution in [2.24, 2.45) is 5.92 Å². The molecule has 7 nitrogen and oxygen atoms in total. The number of halogens is 1. The summed E-state index contributed by atoms with van der Waals surface area (Å²) in [4.78, 5) is 18.5. The third-order valence-corrected chi connectivity index (χ3v) is 8.44. The first-order valence-electron chi connectivity index (χ1n) is 11.0. The Morgan fingerprint density at radius 3 is 2.59 bits per heavy atom. The normalized spacial score (nSPS) is 16.9. The minimum absolute atomic E-state index is 0.0190. The van der Waals surface area contributed by atoms with Gasteiger partial charge < -0.3 is 10.1 Å². The van der Waals surface area contributed by atoms with Crippen LogP contribution in [0.3, 0.4) is 0 Å². The SMILES string of the molecule is CCOc1ccc(-c2nc(NC(=O)C3CCCN(S(=O)(=O)c4ccc(F)cc4)C3)sc2C)cc1. The van der Waals surface area contributed by atoms with Crippen molar-refractivity contribution in [1.29, 1.82) is 0 Å². The maximum absolute atomic E-state index is 13.2. The van der Waals surface area contributed by atoms with Crippen LogP contribution in [0.2, 0.25) is 0 Å². The van der Waals surface area contributed by atoms with Crippen molar-refractivity contribution < 1.29 is 22.3 Å². The van der Waals surface area contributed by atoms with Crippen molar-refractivity contribution in [2.75, 3.05) is 25.0 Å². The number of nitrogens with zero attached hydrogens (tertiary/aromatic N) is 2. The van der Waals surface area contributed by atoms with Crippen molar-refractivity contribution in [2.45, 2.75) is 31.6 Å². The summed E-state index contributed by atoms with van der Waals surface area (Å²) in [6, 6.07) is 12.4. The van der Waals surface area contributed by atoms with E-state index >= 15 is 0 Å². The number of hydrogen-bond donors (Lipinski definition) is 1. The molecule has 2 heterocycles. The molecule has 0 aliphatic carbocycles. The Labute approximate surface area is 202 Å². The van der Waals surface area contributed by atoms with E-state index in [0.717, 1.165) is 34.0 Å². The topological polar surface area (TPSA) is 88.6 Å². The molecule has 1 amide bonds. The van der Waals surface area contributed by atoms with Crippen molar-refractivity contribution in [3.05, 3.63) is 59.2 Å². The molecule has 3 aromatic rings. The zero-order chi connectivity index (χ0) is 24.3. The number of hydrogen-bond acceptors (Lipinski definition) is 6. The van der Waals surface area contributed by atoms with Crippen LogP contribution in [0, 0.1) is 18.7 Å². The van der Waals surface area contributed by atoms with Crippen LogP contribution in [0.4, 0.5) is 9.52 Å². The highest BCUT2D eigenvalue weighted by atomic mass is 32.2. The number of ether oxygens (including phenoxy) is 1. The number of thiazole rings is 1. The van der Waals surface area contributed by atoms with E-state index in [2.05, 4.69) is 10.3 Å². The first-order chi connectivity index (χ1) is 16.3. The van der Waals surface area contributed by atoms with Crippen molar-refractivity contribution >= 4 is 32.4 Å². The lowest BCUT2D eigenvalue weighted by Gasteiger charge is -2.31. The van der Waals surface area contributed by atoms with Gasteiger partial charge >= 0.3 is 0 Å². The van der Waals surface area contributed by atoms with Gasteiger partial charge in [-0.15, -0.1) is 11.3 Å². The summed E-state index contributed by atoms with van der Waals surface area (Å²) < 4.78 is 45.9. The highest BCUT2D eigenvalue weighted by Crippen LogP contribution is 2.32. The lowest BCUT2D eigenvalue weighted by atomic mass is 9.99. The highest BCUT2D eigenvalue weighted by molar-refractivity contribution is 7.89. The number of carbonyl (C=O) groups is 1. The molecule has 1 fully saturated rings. The Kier molecular flexibility index (Phi) is 7.30. The van der Waals surface area contributed by atoms with Gasteiger partial charge in [0, 0.05) is 23.5 Å². The molecule has 1 aliphatic rings. The number of amides is 1. The molecule has 34 heavy (non-hydrogen) atoms. The summed E-state index contributed by atoms with van der Waals surface area (Å²) in [6.45, 7) is 4.85. The van der Waals surface area contributed by atoms with E-state index < -0.39 is 21.8 Å². The Hall–Kier alpha value is -2.82. The minimum atomic E-state index is -3.80. The van der Waals surface area contributed by atoms with E-state index in [1.54, 1.807) is 0 Å². The maximum atomic E-state index is 13.2. The molecule has 4 rings (SSSR count). The van der Waals surface area contributed by atoms with Gasteiger partial charge in [0.1, 0.15) is 11.6 Å². The molecule has 2 aromatic carbocycles. The summed E-state index contributed by atoms with van der Waals surface area (Å²) in [5.41, 5.74) is 1.71. The Bertz CT molecular complexity index is 1260. The monoisotopic (exact) mass is 503 g/mol. The summed E-state index contributed by atoms with van der Waals surface area (Å²) >= 11 is 1.38. The summed E-state index contributed by atoms with van der Waals surface area (Å²) in [7, 11) is -3.80. The van der Waals surface area contributed by atoms with Crippen LogP contribution in [-0.4, -0.2) is 43.3 Å². The number of benzene rings is 2. The number of piperidine rings is 1. The van der Waals surface area contributed by atoms with Crippen LogP contribution in [0.1, 0.15) is 24.6 Å². The molecule has 1 N–H and O–H groups in total. The molecule has 1 aromatic heterocycles. The van der Waals surface area contributed by atoms with Gasteiger partial charge in [0.2, 0.25) is 15.9 Å². The third-order valence-electron chi connectivity index (χ3n) is 5.67. The zero-order valence-corrected chi connectivity index (χ0v) is 20.6. The van der Waals surface area contributed by atoms with E-state index in [4.69, 9.17) is 4.74 Å². The molecule has 1 aliphatic heterocycles. The predicted octanol–water partition coefficient (Wildman–Crippen LogP) is 4.70. The van der Waals surface area contributed by atoms with Crippen LogP contribution < -0.4 is 10.1 Å². The largest absolute Gasteiger partial charge is 0.494 e. The number of sulfonamides is 1. The summed E-state index contributed by atoms with van der Waals surface area (Å²) in [5, 5.41) is 3.34. The average molecular weight is 504 g/mol. The molecule has 180 valence electrons. The average Bonchev–Trinajstić information content (AvgIpc) is 3.20. The van der Waals surface area contributed by atoms with Gasteiger partial charge in [-0.1, -0.05) is 0 Å². The van der Waals surface area contributed by atoms with Gasteiger partial charge in [-0.25, -0.2) is 17.8 Å². The van der Waals surface area contributed by atoms with E-state index in [1.165, 1.54) is 27.8 Å². The quantitative estimate of drug-likeness (QED) is 0.505. The zero-order valence-electron chi connectivity index (χ0n) is 19.0. The van der Waals surface area contributed by atoms with Gasteiger partial charge in [0.15, 0.2) is 5.13 Å². The predicted molar refractivity (Wildman–Crippen MR) is 130 cm³/mol. The van der Waals surface area contributed by atoms with Crippen LogP contribution in [0.15, 0.2) is 53.4 Å². The molecule has 0 radical (unpaired) electrons. The van der Waals surface area contributed by atoms with Gasteiger partial charge in [0.05, 0.1) is 23.1 Å². The van der Waals surface area contributed by atoms with Crippen molar-refractivity contribution in [3.8, 4) is 17.0 Å². The van der Waals surface area contributed by atoms with Crippen molar-refractivity contribution in [3.63, 3.8) is 0 Å². The van der Waals surface area contributed by atoms with E-state index in [1.807, 2.05) is 38.1 Å². The Balaban J connectivity index is 1.44. The van der Waals surface area contributed by atoms with Gasteiger partial charge in [0.25, 0.3) is 0 Å². The minimum Gasteiger partial charge on any atom is -0.494 e. The number of rotatable bonds is 7. The van der Waals surface area contributed by atoms with Crippen LogP contribution in [0.25, 0.3) is 11.3 Å². The number of anilines is 1. The molecule has 10 heteroatoms. The fourth-order valence-corrected chi connectivity index (χ4v) is 6.29. The number of aromatic nitrogens is 1. The second-order valence-electron chi connectivity index (χ2n) is 8.03. The lowest BCUT2D eigenvalue weighted by Crippen LogP contribution is -2.43. The van der Waals surface area contributed by atoms with Gasteiger partial charge in [-0.3, -0.25) is 4.79 Å². The first-order valence-corrected chi connectivity index (χ1v) is 13.3. The summed E-state index contributed by atoms with van der Waals surface area (Å²) in [6.07, 6.45) is 1.14. The van der Waals surface area contributed by atoms with E-state index in [0.29, 0.717) is 31.1 Å². The standard InChI is InChI=1S/C24H26FN3O4S2/c1-3-32-20-10-6-17(7-11-20)22-16(2)33-24(26-22)27-23(29)18-5-4-14-28(15-18)34(30,31)21-12-8-19(25)9-13-21/h6-13,18H,3-5,14-15H2,1-2H3,(H,26,27,29). The number of aryl methyl sites for hydroxylation is 1. The second kappa shape index (κ2) is 10.2. The maximum Gasteiger partial charge on any atom is 0.243 e. The fourth-order valence-electron chi connectivity index (χ4n) is 3.93. The first kappa shape index (κ1) is 24.3. The van der Waals surface area contributed by atoms with Gasteiger partial charge in [-0.2, -0.15) is 4.31 Å². The molecule has 0 spiro atoms. The van der Waals surface area contributed by atoms with E-state index in [-0.39, 0.29) is 17.3 Å². The molecule has 0 saturated carbocycles. The molecule has 1 atom stereocenters. The number of nitrogens with one attached hydrogen (secondary N) is 1. The molecular weight excluding hydrogens is 477 g/mol. The molecule has 1 unspecified atom stereocenters. The molecular formula is C24H26FN3O4S2. The second-order valence-corrected chi connectivity index (χ2v) is 11.2. The van der Waals surface area contributed by atoms with Crippen LogP contribution >= 0.6 is 11.3 Å². The van der Waals surface area contributed by atoms with Gasteiger partial charge in [-0.05, 0) is 75.2 Å². The molecule has 1 saturated heterocycles. The Morgan fingerprint density at radius 1 is 1.21 bits per heavy atom. The van der Waals surface area contributed by atoms with E-state index in [9.17, 15) is 17.6 Å². The third kappa shape index (κ3) is 5.29. The Morgan fingerprint density at radius 2 is 1.91 bits per heavy atom. The lowest BCUT2D eigenvalue weighted by molar-refractivity contribution is -0.120. The summed E-state index contributed by atoms with van der Waals surface area (Å²) in [5.74, 6) is -0.476. The fraction of sp³-hybridized carbons (Fsp3) is 0.333. The van der Waals surface area contributed by atoms with Crippen LogP contribution in [0.5, 0.6) is 5.75 Å². The number of carbonyl (C=O) groups excluding carboxylic acids is 1.